The highest BCUT2D eigenvalue weighted by Crippen LogP contribution is 2.45. The molecule has 3 aliphatic rings. The van der Waals surface area contributed by atoms with Gasteiger partial charge >= 0.3 is 0 Å². The van der Waals surface area contributed by atoms with Crippen LogP contribution >= 0.6 is 11.6 Å². The molecule has 0 saturated heterocycles. The van der Waals surface area contributed by atoms with Gasteiger partial charge in [-0.05, 0) is 28.7 Å². The Labute approximate surface area is 116 Å². The number of fused-ring (bicyclic) bond motifs is 2. The minimum absolute atomic E-state index is 0.00903. The van der Waals surface area contributed by atoms with E-state index >= 15 is 0 Å². The second-order valence-corrected chi connectivity index (χ2v) is 5.95. The number of alkyl halides is 1. The second-order valence-electron chi connectivity index (χ2n) is 5.57. The summed E-state index contributed by atoms with van der Waals surface area (Å²) in [7, 11) is 0. The summed E-state index contributed by atoms with van der Waals surface area (Å²) in [4.78, 5) is 0. The maximum absolute atomic E-state index is 14.3. The van der Waals surface area contributed by atoms with Crippen molar-refractivity contribution in [2.45, 2.75) is 20.0 Å². The fourth-order valence-electron chi connectivity index (χ4n) is 3.13. The van der Waals surface area contributed by atoms with Crippen LogP contribution in [0.3, 0.4) is 0 Å². The Balaban J connectivity index is 2.14. The molecule has 1 nitrogen and oxygen atoms in total. The van der Waals surface area contributed by atoms with Crippen LogP contribution < -0.4 is 5.32 Å². The molecule has 1 aliphatic heterocycles. The van der Waals surface area contributed by atoms with Gasteiger partial charge in [-0.25, -0.2) is 8.78 Å². The van der Waals surface area contributed by atoms with Crippen LogP contribution in [-0.2, 0) is 0 Å². The summed E-state index contributed by atoms with van der Waals surface area (Å²) < 4.78 is 28.2. The van der Waals surface area contributed by atoms with Crippen LogP contribution in [0.15, 0.2) is 45.9 Å². The molecule has 2 aliphatic carbocycles. The van der Waals surface area contributed by atoms with Crippen molar-refractivity contribution >= 4 is 11.6 Å². The minimum Gasteiger partial charge on any atom is -0.375 e. The van der Waals surface area contributed by atoms with E-state index in [9.17, 15) is 8.78 Å². The third kappa shape index (κ3) is 1.86. The smallest absolute Gasteiger partial charge is 0.134 e. The molecular weight excluding hydrogens is 268 g/mol. The largest absolute Gasteiger partial charge is 0.375 e. The Morgan fingerprint density at radius 2 is 1.89 bits per heavy atom. The molecule has 0 amide bonds. The van der Waals surface area contributed by atoms with Crippen LogP contribution in [0.2, 0.25) is 0 Å². The van der Waals surface area contributed by atoms with E-state index in [0.717, 1.165) is 17.7 Å². The lowest BCUT2D eigenvalue weighted by molar-refractivity contribution is 0.272. The predicted molar refractivity (Wildman–Crippen MR) is 73.0 cm³/mol. The van der Waals surface area contributed by atoms with Gasteiger partial charge in [0.1, 0.15) is 17.2 Å². The van der Waals surface area contributed by atoms with E-state index in [0.29, 0.717) is 10.7 Å². The maximum Gasteiger partial charge on any atom is 0.134 e. The van der Waals surface area contributed by atoms with E-state index in [4.69, 9.17) is 11.6 Å². The van der Waals surface area contributed by atoms with Crippen molar-refractivity contribution in [1.29, 1.82) is 0 Å². The van der Waals surface area contributed by atoms with Crippen molar-refractivity contribution in [3.05, 3.63) is 45.9 Å². The minimum atomic E-state index is -1.27. The van der Waals surface area contributed by atoms with Crippen molar-refractivity contribution in [2.75, 3.05) is 6.54 Å². The summed E-state index contributed by atoms with van der Waals surface area (Å²) in [5.74, 6) is -0.813. The van der Waals surface area contributed by atoms with E-state index in [2.05, 4.69) is 12.2 Å². The molecule has 19 heavy (non-hydrogen) atoms. The number of halogens is 3. The lowest BCUT2D eigenvalue weighted by Crippen LogP contribution is -2.36. The first-order valence-corrected chi connectivity index (χ1v) is 6.95. The van der Waals surface area contributed by atoms with Gasteiger partial charge in [0.05, 0.1) is 0 Å². The van der Waals surface area contributed by atoms with E-state index < -0.39 is 12.1 Å². The molecule has 4 atom stereocenters. The van der Waals surface area contributed by atoms with Gasteiger partial charge in [-0.15, -0.1) is 0 Å². The predicted octanol–water partition coefficient (Wildman–Crippen LogP) is 4.00. The molecule has 0 saturated carbocycles. The highest BCUT2D eigenvalue weighted by atomic mass is 35.5. The topological polar surface area (TPSA) is 12.0 Å². The molecule has 0 aromatic carbocycles. The van der Waals surface area contributed by atoms with Gasteiger partial charge in [-0.3, -0.25) is 0 Å². The Hall–Kier alpha value is -1.09. The first-order chi connectivity index (χ1) is 9.00. The van der Waals surface area contributed by atoms with Crippen LogP contribution in [0, 0.1) is 17.8 Å². The summed E-state index contributed by atoms with van der Waals surface area (Å²) in [6.45, 7) is 4.37. The Morgan fingerprint density at radius 1 is 1.21 bits per heavy atom. The number of allylic oxidation sites excluding steroid dienone is 7. The number of hydrogen-bond acceptors (Lipinski definition) is 1. The molecule has 102 valence electrons. The highest BCUT2D eigenvalue weighted by Gasteiger charge is 2.39. The van der Waals surface area contributed by atoms with Crippen LogP contribution in [0.5, 0.6) is 0 Å². The third-order valence-corrected chi connectivity index (χ3v) is 4.66. The first kappa shape index (κ1) is 12.9. The summed E-state index contributed by atoms with van der Waals surface area (Å²) in [5.41, 5.74) is 2.30. The molecule has 1 heterocycles. The van der Waals surface area contributed by atoms with Gasteiger partial charge in [-0.1, -0.05) is 37.6 Å². The standard InChI is InChI=1S/C15H16ClF2N/c1-7-6-19-15(16)10-4-3-9-11(13(7)10)5-12(17)8(2)14(9)18/h3-5,7-8,13-14,19H,6H2,1-2H3. The van der Waals surface area contributed by atoms with Gasteiger partial charge < -0.3 is 5.32 Å². The van der Waals surface area contributed by atoms with Crippen molar-refractivity contribution in [3.63, 3.8) is 0 Å². The number of rotatable bonds is 0. The molecule has 1 N–H and O–H groups in total. The molecule has 0 spiro atoms. The first-order valence-electron chi connectivity index (χ1n) is 6.57. The monoisotopic (exact) mass is 283 g/mol. The zero-order chi connectivity index (χ0) is 13.7. The number of nitrogens with one attached hydrogen (secondary N) is 1. The van der Waals surface area contributed by atoms with E-state index in [1.165, 1.54) is 6.08 Å². The third-order valence-electron chi connectivity index (χ3n) is 4.31. The molecule has 0 aromatic heterocycles. The van der Waals surface area contributed by atoms with Gasteiger partial charge in [0.2, 0.25) is 0 Å². The quantitative estimate of drug-likeness (QED) is 0.663. The van der Waals surface area contributed by atoms with Crippen molar-refractivity contribution in [3.8, 4) is 0 Å². The average Bonchev–Trinajstić information content (AvgIpc) is 2.40. The average molecular weight is 284 g/mol. The summed E-state index contributed by atoms with van der Waals surface area (Å²) >= 11 is 6.17. The molecule has 0 bridgehead atoms. The van der Waals surface area contributed by atoms with Crippen molar-refractivity contribution < 1.29 is 8.78 Å². The summed E-state index contributed by atoms with van der Waals surface area (Å²) in [5, 5.41) is 3.71. The lowest BCUT2D eigenvalue weighted by atomic mass is 9.71. The Bertz CT molecular complexity index is 544. The van der Waals surface area contributed by atoms with Gasteiger partial charge in [0.25, 0.3) is 0 Å². The van der Waals surface area contributed by atoms with Crippen LogP contribution in [0.25, 0.3) is 0 Å². The lowest BCUT2D eigenvalue weighted by Gasteiger charge is -2.38. The molecule has 3 rings (SSSR count). The molecule has 0 aromatic rings. The van der Waals surface area contributed by atoms with E-state index in [-0.39, 0.29) is 17.7 Å². The fraction of sp³-hybridized carbons (Fsp3) is 0.467. The van der Waals surface area contributed by atoms with Crippen molar-refractivity contribution in [2.24, 2.45) is 17.8 Å². The Morgan fingerprint density at radius 3 is 2.63 bits per heavy atom. The van der Waals surface area contributed by atoms with Crippen LogP contribution in [0.4, 0.5) is 8.78 Å². The summed E-state index contributed by atoms with van der Waals surface area (Å²) in [6.07, 6.45) is 3.85. The maximum atomic E-state index is 14.3. The summed E-state index contributed by atoms with van der Waals surface area (Å²) in [6, 6.07) is 0. The Kier molecular flexibility index (Phi) is 3.05. The van der Waals surface area contributed by atoms with Crippen molar-refractivity contribution in [1.82, 2.24) is 5.32 Å². The molecule has 4 unspecified atom stereocenters. The zero-order valence-corrected chi connectivity index (χ0v) is 11.6. The molecular formula is C15H16ClF2N. The van der Waals surface area contributed by atoms with E-state index in [1.807, 2.05) is 6.08 Å². The second kappa shape index (κ2) is 4.48. The SMILES string of the molecule is CC1CNC(Cl)=C2C=CC3=C(C=C(F)C(C)C3F)C21. The molecule has 0 fully saturated rings. The number of hydrogen-bond donors (Lipinski definition) is 1. The van der Waals surface area contributed by atoms with E-state index in [1.54, 1.807) is 13.0 Å². The zero-order valence-electron chi connectivity index (χ0n) is 10.9. The fourth-order valence-corrected chi connectivity index (χ4v) is 3.39. The van der Waals surface area contributed by atoms with Gasteiger partial charge in [-0.2, -0.15) is 0 Å². The van der Waals surface area contributed by atoms with Crippen LogP contribution in [0.1, 0.15) is 13.8 Å². The normalized spacial score (nSPS) is 37.6. The van der Waals surface area contributed by atoms with Gasteiger partial charge in [0.15, 0.2) is 0 Å². The molecule has 0 radical (unpaired) electrons. The van der Waals surface area contributed by atoms with Crippen LogP contribution in [-0.4, -0.2) is 12.7 Å². The molecule has 4 heteroatoms. The van der Waals surface area contributed by atoms with Gasteiger partial charge in [0, 0.05) is 18.4 Å². The highest BCUT2D eigenvalue weighted by molar-refractivity contribution is 6.29.